The fourth-order valence-electron chi connectivity index (χ4n) is 2.93. The lowest BCUT2D eigenvalue weighted by Gasteiger charge is -2.33. The van der Waals surface area contributed by atoms with Gasteiger partial charge in [-0.1, -0.05) is 39.0 Å². The maximum absolute atomic E-state index is 12.2. The van der Waals surface area contributed by atoms with Crippen molar-refractivity contribution in [2.45, 2.75) is 51.8 Å². The molecule has 1 aromatic rings. The van der Waals surface area contributed by atoms with Crippen molar-refractivity contribution in [3.63, 3.8) is 0 Å². The first kappa shape index (κ1) is 15.1. The molecule has 0 amide bonds. The number of carbonyl (C=O) groups excluding carboxylic acids is 1. The molecule has 0 bridgehead atoms. The third kappa shape index (κ3) is 2.62. The van der Waals surface area contributed by atoms with E-state index in [-0.39, 0.29) is 17.5 Å². The highest BCUT2D eigenvalue weighted by Gasteiger charge is 2.51. The van der Waals surface area contributed by atoms with Gasteiger partial charge in [-0.15, -0.1) is 0 Å². The van der Waals surface area contributed by atoms with Gasteiger partial charge in [0.25, 0.3) is 0 Å². The Morgan fingerprint density at radius 2 is 2.00 bits per heavy atom. The molecule has 0 saturated carbocycles. The van der Waals surface area contributed by atoms with Crippen LogP contribution in [0.1, 0.15) is 44.0 Å². The van der Waals surface area contributed by atoms with Gasteiger partial charge in [0.15, 0.2) is 0 Å². The Morgan fingerprint density at radius 3 is 2.55 bits per heavy atom. The smallest absolute Gasteiger partial charge is 0.338 e. The van der Waals surface area contributed by atoms with E-state index in [1.165, 1.54) is 0 Å². The van der Waals surface area contributed by atoms with Crippen LogP contribution in [0.4, 0.5) is 0 Å². The summed E-state index contributed by atoms with van der Waals surface area (Å²) in [6.45, 7) is 6.22. The van der Waals surface area contributed by atoms with Gasteiger partial charge in [0, 0.05) is 5.41 Å². The molecule has 3 nitrogen and oxygen atoms in total. The molecule has 106 valence electrons. The average molecular weight is 272 g/mol. The summed E-state index contributed by atoms with van der Waals surface area (Å²) in [7, 11) is 6.02. The van der Waals surface area contributed by atoms with Gasteiger partial charge in [0.2, 0.25) is 0 Å². The molecule has 1 unspecified atom stereocenters. The second-order valence-electron chi connectivity index (χ2n) is 5.55. The van der Waals surface area contributed by atoms with Crippen LogP contribution in [0.3, 0.4) is 0 Å². The Hall–Kier alpha value is -1.29. The summed E-state index contributed by atoms with van der Waals surface area (Å²) in [6, 6.07) is 8.42. The zero-order chi connectivity index (χ0) is 14.8. The molecule has 2 rings (SSSR count). The van der Waals surface area contributed by atoms with Crippen LogP contribution in [-0.4, -0.2) is 32.0 Å². The van der Waals surface area contributed by atoms with Crippen molar-refractivity contribution < 1.29 is 14.3 Å². The third-order valence-corrected chi connectivity index (χ3v) is 4.38. The minimum Gasteiger partial charge on any atom is -0.456 e. The molecule has 1 aromatic carbocycles. The summed E-state index contributed by atoms with van der Waals surface area (Å²) in [4.78, 5) is 12.2. The van der Waals surface area contributed by atoms with Crippen molar-refractivity contribution in [3.05, 3.63) is 35.9 Å². The number of hydrogen-bond donors (Lipinski definition) is 0. The van der Waals surface area contributed by atoms with Gasteiger partial charge in [-0.3, -0.25) is 0 Å². The summed E-state index contributed by atoms with van der Waals surface area (Å²) in [5, 5.41) is 0. The largest absolute Gasteiger partial charge is 0.456 e. The number of benzene rings is 1. The standard InChI is InChI=1S/C16H21BO3/c1-4-12-16(3,5-2)13(14(17)19-12)20-15(18)11-9-7-6-8-10-11/h6-10,12-14H,4-5H2,1-3H3/t12?,13-,14+,16-/m1/s1. The van der Waals surface area contributed by atoms with Gasteiger partial charge in [-0.25, -0.2) is 4.79 Å². The van der Waals surface area contributed by atoms with Crippen LogP contribution in [0, 0.1) is 5.41 Å². The summed E-state index contributed by atoms with van der Waals surface area (Å²) in [5.41, 5.74) is 0.302. The van der Waals surface area contributed by atoms with Gasteiger partial charge >= 0.3 is 5.97 Å². The fraction of sp³-hybridized carbons (Fsp3) is 0.562. The molecule has 0 aromatic heterocycles. The predicted molar refractivity (Wildman–Crippen MR) is 78.7 cm³/mol. The van der Waals surface area contributed by atoms with Gasteiger partial charge in [-0.05, 0) is 25.0 Å². The highest BCUT2D eigenvalue weighted by molar-refractivity contribution is 6.12. The quantitative estimate of drug-likeness (QED) is 0.624. The molecule has 1 fully saturated rings. The summed E-state index contributed by atoms with van der Waals surface area (Å²) < 4.78 is 11.4. The number of carbonyl (C=O) groups is 1. The summed E-state index contributed by atoms with van der Waals surface area (Å²) in [6.07, 6.45) is 1.32. The molecule has 1 aliphatic rings. The van der Waals surface area contributed by atoms with Gasteiger partial charge in [0.1, 0.15) is 14.0 Å². The summed E-state index contributed by atoms with van der Waals surface area (Å²) in [5.74, 6) is -0.342. The zero-order valence-electron chi connectivity index (χ0n) is 12.3. The second kappa shape index (κ2) is 6.00. The number of esters is 1. The lowest BCUT2D eigenvalue weighted by atomic mass is 9.73. The van der Waals surface area contributed by atoms with E-state index in [4.69, 9.17) is 17.3 Å². The lowest BCUT2D eigenvalue weighted by molar-refractivity contribution is -0.00408. The minimum atomic E-state index is -0.558. The normalized spacial score (nSPS) is 33.0. The monoisotopic (exact) mass is 272 g/mol. The molecule has 0 aliphatic carbocycles. The first-order chi connectivity index (χ1) is 9.52. The number of ether oxygens (including phenoxy) is 2. The fourth-order valence-corrected chi connectivity index (χ4v) is 2.93. The maximum atomic E-state index is 12.2. The Balaban J connectivity index is 2.17. The second-order valence-corrected chi connectivity index (χ2v) is 5.55. The van der Waals surface area contributed by atoms with Crippen LogP contribution in [0.15, 0.2) is 30.3 Å². The van der Waals surface area contributed by atoms with Crippen molar-refractivity contribution in [3.8, 4) is 0 Å². The Kier molecular flexibility index (Phi) is 4.54. The highest BCUT2D eigenvalue weighted by Crippen LogP contribution is 2.44. The van der Waals surface area contributed by atoms with E-state index in [9.17, 15) is 4.79 Å². The summed E-state index contributed by atoms with van der Waals surface area (Å²) >= 11 is 0. The van der Waals surface area contributed by atoms with Gasteiger partial charge < -0.3 is 9.47 Å². The molecular weight excluding hydrogens is 251 g/mol. The van der Waals surface area contributed by atoms with E-state index in [0.717, 1.165) is 12.8 Å². The highest BCUT2D eigenvalue weighted by atomic mass is 16.6. The minimum absolute atomic E-state index is 0.0241. The molecule has 20 heavy (non-hydrogen) atoms. The molecular formula is C16H21BO3. The molecule has 2 radical (unpaired) electrons. The first-order valence-corrected chi connectivity index (χ1v) is 7.20. The van der Waals surface area contributed by atoms with Crippen molar-refractivity contribution >= 4 is 13.8 Å². The van der Waals surface area contributed by atoms with E-state index in [0.29, 0.717) is 5.56 Å². The Labute approximate surface area is 122 Å². The van der Waals surface area contributed by atoms with Gasteiger partial charge in [-0.2, -0.15) is 0 Å². The SMILES string of the molecule is [B][C@H]1OC(CC)[C@@](C)(CC)[C@@H]1OC(=O)c1ccccc1. The first-order valence-electron chi connectivity index (χ1n) is 7.20. The lowest BCUT2D eigenvalue weighted by Crippen LogP contribution is -2.41. The zero-order valence-corrected chi connectivity index (χ0v) is 12.3. The Bertz CT molecular complexity index is 462. The van der Waals surface area contributed by atoms with Crippen LogP contribution in [0.2, 0.25) is 0 Å². The molecule has 4 heteroatoms. The Morgan fingerprint density at radius 1 is 1.35 bits per heavy atom. The van der Waals surface area contributed by atoms with Crippen LogP contribution in [0.25, 0.3) is 0 Å². The van der Waals surface area contributed by atoms with Gasteiger partial charge in [0.05, 0.1) is 17.7 Å². The van der Waals surface area contributed by atoms with E-state index in [2.05, 4.69) is 20.8 Å². The average Bonchev–Trinajstić information content (AvgIpc) is 2.72. The van der Waals surface area contributed by atoms with Crippen LogP contribution >= 0.6 is 0 Å². The maximum Gasteiger partial charge on any atom is 0.338 e. The van der Waals surface area contributed by atoms with Crippen molar-refractivity contribution in [1.29, 1.82) is 0 Å². The van der Waals surface area contributed by atoms with E-state index >= 15 is 0 Å². The number of hydrogen-bond acceptors (Lipinski definition) is 3. The van der Waals surface area contributed by atoms with Crippen molar-refractivity contribution in [2.75, 3.05) is 0 Å². The molecule has 1 heterocycles. The topological polar surface area (TPSA) is 35.5 Å². The van der Waals surface area contributed by atoms with Crippen LogP contribution in [-0.2, 0) is 9.47 Å². The van der Waals surface area contributed by atoms with Crippen LogP contribution in [0.5, 0.6) is 0 Å². The molecule has 0 N–H and O–H groups in total. The molecule has 1 saturated heterocycles. The molecule has 0 spiro atoms. The molecule has 4 atom stereocenters. The van der Waals surface area contributed by atoms with Crippen LogP contribution < -0.4 is 0 Å². The van der Waals surface area contributed by atoms with E-state index in [1.54, 1.807) is 12.1 Å². The van der Waals surface area contributed by atoms with Crippen molar-refractivity contribution in [2.24, 2.45) is 5.41 Å². The number of rotatable bonds is 4. The third-order valence-electron chi connectivity index (χ3n) is 4.38. The molecule has 1 aliphatic heterocycles. The van der Waals surface area contributed by atoms with E-state index < -0.39 is 12.1 Å². The predicted octanol–water partition coefficient (Wildman–Crippen LogP) is 2.93. The van der Waals surface area contributed by atoms with Crippen molar-refractivity contribution in [1.82, 2.24) is 0 Å². The van der Waals surface area contributed by atoms with E-state index in [1.807, 2.05) is 18.2 Å².